The van der Waals surface area contributed by atoms with Crippen LogP contribution < -0.4 is 4.90 Å². The molecule has 1 saturated carbocycles. The van der Waals surface area contributed by atoms with E-state index in [0.29, 0.717) is 5.56 Å². The normalized spacial score (nSPS) is 15.6. The summed E-state index contributed by atoms with van der Waals surface area (Å²) in [4.78, 5) is 2.17. The zero-order valence-electron chi connectivity index (χ0n) is 10.2. The van der Waals surface area contributed by atoms with Crippen LogP contribution in [0.2, 0.25) is 0 Å². The van der Waals surface area contributed by atoms with Gasteiger partial charge < -0.3 is 4.90 Å². The highest BCUT2D eigenvalue weighted by Gasteiger charge is 2.23. The highest BCUT2D eigenvalue weighted by Crippen LogP contribution is 2.29. The Morgan fingerprint density at radius 3 is 2.75 bits per heavy atom. The predicted octanol–water partition coefficient (Wildman–Crippen LogP) is 1.84. The van der Waals surface area contributed by atoms with Crippen molar-refractivity contribution in [3.63, 3.8) is 0 Å². The summed E-state index contributed by atoms with van der Waals surface area (Å²) < 4.78 is 1.81. The summed E-state index contributed by atoms with van der Waals surface area (Å²) in [5.41, 5.74) is 1.53. The fourth-order valence-corrected chi connectivity index (χ4v) is 2.36. The van der Waals surface area contributed by atoms with Gasteiger partial charge in [-0.05, 0) is 25.7 Å². The van der Waals surface area contributed by atoms with Crippen molar-refractivity contribution in [2.75, 3.05) is 18.5 Å². The Labute approximate surface area is 96.5 Å². The molecule has 86 valence electrons. The Kier molecular flexibility index (Phi) is 2.86. The second-order valence-corrected chi connectivity index (χ2v) is 4.70. The number of hydrogen-bond acceptors (Lipinski definition) is 3. The summed E-state index contributed by atoms with van der Waals surface area (Å²) in [6, 6.07) is 2.25. The lowest BCUT2D eigenvalue weighted by atomic mass is 9.85. The van der Waals surface area contributed by atoms with Crippen LogP contribution in [0, 0.1) is 24.2 Å². The number of aromatic nitrogens is 2. The molecule has 1 fully saturated rings. The molecule has 4 heteroatoms. The summed E-state index contributed by atoms with van der Waals surface area (Å²) in [7, 11) is 3.95. The number of aryl methyl sites for hydroxylation is 2. The van der Waals surface area contributed by atoms with Crippen molar-refractivity contribution in [1.82, 2.24) is 9.78 Å². The average Bonchev–Trinajstić information content (AvgIpc) is 2.46. The zero-order chi connectivity index (χ0) is 11.7. The Hall–Kier alpha value is -1.50. The number of nitriles is 1. The molecule has 0 N–H and O–H groups in total. The number of nitrogens with zero attached hydrogens (tertiary/aromatic N) is 4. The van der Waals surface area contributed by atoms with Gasteiger partial charge in [0.25, 0.3) is 0 Å². The quantitative estimate of drug-likeness (QED) is 0.777. The summed E-state index contributed by atoms with van der Waals surface area (Å²) >= 11 is 0. The van der Waals surface area contributed by atoms with Gasteiger partial charge in [0.15, 0.2) is 0 Å². The monoisotopic (exact) mass is 218 g/mol. The van der Waals surface area contributed by atoms with Crippen LogP contribution in [-0.2, 0) is 7.05 Å². The Balaban J connectivity index is 2.21. The minimum atomic E-state index is 0.712. The van der Waals surface area contributed by atoms with Gasteiger partial charge in [-0.25, -0.2) is 0 Å². The smallest absolute Gasteiger partial charge is 0.144 e. The van der Waals surface area contributed by atoms with Crippen LogP contribution in [0.4, 0.5) is 5.82 Å². The highest BCUT2D eigenvalue weighted by molar-refractivity contribution is 5.56. The molecule has 0 bridgehead atoms. The van der Waals surface area contributed by atoms with Crippen molar-refractivity contribution < 1.29 is 0 Å². The molecular weight excluding hydrogens is 200 g/mol. The number of hydrogen-bond donors (Lipinski definition) is 0. The van der Waals surface area contributed by atoms with Crippen molar-refractivity contribution in [3.8, 4) is 6.07 Å². The van der Waals surface area contributed by atoms with E-state index in [1.807, 2.05) is 18.7 Å². The van der Waals surface area contributed by atoms with Gasteiger partial charge in [0.05, 0.1) is 5.69 Å². The molecule has 1 heterocycles. The minimum Gasteiger partial charge on any atom is -0.359 e. The van der Waals surface area contributed by atoms with E-state index < -0.39 is 0 Å². The molecule has 0 amide bonds. The van der Waals surface area contributed by atoms with E-state index in [1.165, 1.54) is 19.3 Å². The lowest BCUT2D eigenvalue weighted by Gasteiger charge is -2.31. The first kappa shape index (κ1) is 11.0. The maximum Gasteiger partial charge on any atom is 0.144 e. The third-order valence-electron chi connectivity index (χ3n) is 3.42. The van der Waals surface area contributed by atoms with Crippen LogP contribution in [-0.4, -0.2) is 23.4 Å². The Morgan fingerprint density at radius 2 is 2.25 bits per heavy atom. The van der Waals surface area contributed by atoms with Gasteiger partial charge in [-0.3, -0.25) is 4.68 Å². The van der Waals surface area contributed by atoms with Crippen LogP contribution in [0.3, 0.4) is 0 Å². The second kappa shape index (κ2) is 4.17. The van der Waals surface area contributed by atoms with Gasteiger partial charge in [-0.1, -0.05) is 6.42 Å². The van der Waals surface area contributed by atoms with Crippen molar-refractivity contribution in [2.45, 2.75) is 26.2 Å². The van der Waals surface area contributed by atoms with Gasteiger partial charge in [0, 0.05) is 20.6 Å². The summed E-state index contributed by atoms with van der Waals surface area (Å²) in [6.07, 6.45) is 4.00. The van der Waals surface area contributed by atoms with Crippen LogP contribution in [0.1, 0.15) is 30.5 Å². The molecule has 0 spiro atoms. The molecule has 0 unspecified atom stereocenters. The molecule has 0 saturated heterocycles. The first-order chi connectivity index (χ1) is 7.63. The lowest BCUT2D eigenvalue weighted by Crippen LogP contribution is -2.31. The largest absolute Gasteiger partial charge is 0.359 e. The molecule has 2 rings (SSSR count). The van der Waals surface area contributed by atoms with Gasteiger partial charge in [0.1, 0.15) is 17.5 Å². The third kappa shape index (κ3) is 1.78. The van der Waals surface area contributed by atoms with Crippen molar-refractivity contribution >= 4 is 5.82 Å². The molecular formula is C12H18N4. The third-order valence-corrected chi connectivity index (χ3v) is 3.42. The van der Waals surface area contributed by atoms with Gasteiger partial charge in [-0.2, -0.15) is 10.4 Å². The number of rotatable bonds is 3. The van der Waals surface area contributed by atoms with Crippen molar-refractivity contribution in [1.29, 1.82) is 5.26 Å². The fraction of sp³-hybridized carbons (Fsp3) is 0.667. The maximum atomic E-state index is 9.14. The topological polar surface area (TPSA) is 44.9 Å². The highest BCUT2D eigenvalue weighted by atomic mass is 15.4. The molecule has 16 heavy (non-hydrogen) atoms. The zero-order valence-corrected chi connectivity index (χ0v) is 10.2. The maximum absolute atomic E-state index is 9.14. The molecule has 1 aliphatic carbocycles. The average molecular weight is 218 g/mol. The van der Waals surface area contributed by atoms with Crippen LogP contribution >= 0.6 is 0 Å². The Bertz CT molecular complexity index is 423. The summed E-state index contributed by atoms with van der Waals surface area (Å²) in [6.45, 7) is 2.92. The SMILES string of the molecule is Cc1nn(C)c(N(C)CC2CCC2)c1C#N. The van der Waals surface area contributed by atoms with Crippen LogP contribution in [0.5, 0.6) is 0 Å². The first-order valence-corrected chi connectivity index (χ1v) is 5.78. The second-order valence-electron chi connectivity index (χ2n) is 4.70. The van der Waals surface area contributed by atoms with E-state index in [-0.39, 0.29) is 0 Å². The molecule has 1 aromatic heterocycles. The fourth-order valence-electron chi connectivity index (χ4n) is 2.36. The van der Waals surface area contributed by atoms with Crippen LogP contribution in [0.25, 0.3) is 0 Å². The Morgan fingerprint density at radius 1 is 1.56 bits per heavy atom. The standard InChI is InChI=1S/C12H18N4/c1-9-11(7-13)12(16(3)14-9)15(2)8-10-5-4-6-10/h10H,4-6,8H2,1-3H3. The van der Waals surface area contributed by atoms with Gasteiger partial charge >= 0.3 is 0 Å². The van der Waals surface area contributed by atoms with Gasteiger partial charge in [0.2, 0.25) is 0 Å². The lowest BCUT2D eigenvalue weighted by molar-refractivity contribution is 0.320. The van der Waals surface area contributed by atoms with Crippen LogP contribution in [0.15, 0.2) is 0 Å². The molecule has 1 aliphatic rings. The molecule has 0 aliphatic heterocycles. The van der Waals surface area contributed by atoms with E-state index in [1.54, 1.807) is 0 Å². The summed E-state index contributed by atoms with van der Waals surface area (Å²) in [5, 5.41) is 13.4. The molecule has 0 aromatic carbocycles. The van der Waals surface area contributed by atoms with E-state index >= 15 is 0 Å². The first-order valence-electron chi connectivity index (χ1n) is 5.78. The summed E-state index contributed by atoms with van der Waals surface area (Å²) in [5.74, 6) is 1.75. The molecule has 4 nitrogen and oxygen atoms in total. The molecule has 0 atom stereocenters. The van der Waals surface area contributed by atoms with E-state index in [4.69, 9.17) is 5.26 Å². The van der Waals surface area contributed by atoms with E-state index in [2.05, 4.69) is 23.1 Å². The van der Waals surface area contributed by atoms with Gasteiger partial charge in [-0.15, -0.1) is 0 Å². The van der Waals surface area contributed by atoms with E-state index in [0.717, 1.165) is 24.0 Å². The van der Waals surface area contributed by atoms with Crippen molar-refractivity contribution in [2.24, 2.45) is 13.0 Å². The van der Waals surface area contributed by atoms with Crippen molar-refractivity contribution in [3.05, 3.63) is 11.3 Å². The predicted molar refractivity (Wildman–Crippen MR) is 63.3 cm³/mol. The number of anilines is 1. The molecule has 0 radical (unpaired) electrons. The van der Waals surface area contributed by atoms with E-state index in [9.17, 15) is 0 Å². The minimum absolute atomic E-state index is 0.712. The molecule has 1 aromatic rings.